The second-order valence-electron chi connectivity index (χ2n) is 5.87. The van der Waals surface area contributed by atoms with E-state index in [-0.39, 0.29) is 6.10 Å². The lowest BCUT2D eigenvalue weighted by Crippen LogP contribution is -2.32. The van der Waals surface area contributed by atoms with E-state index in [4.69, 9.17) is 4.74 Å². The van der Waals surface area contributed by atoms with E-state index in [1.807, 2.05) is 0 Å². The van der Waals surface area contributed by atoms with E-state index in [2.05, 4.69) is 37.4 Å². The first-order valence-electron chi connectivity index (χ1n) is 7.16. The number of nitrogens with one attached hydrogen (secondary N) is 1. The highest BCUT2D eigenvalue weighted by Gasteiger charge is 2.31. The minimum Gasteiger partial charge on any atom is -0.372 e. The average molecular weight is 245 g/mol. The summed E-state index contributed by atoms with van der Waals surface area (Å²) in [5.41, 5.74) is 4.04. The fourth-order valence-electron chi connectivity index (χ4n) is 3.24. The molecule has 1 saturated heterocycles. The van der Waals surface area contributed by atoms with Crippen molar-refractivity contribution in [2.24, 2.45) is 5.92 Å². The van der Waals surface area contributed by atoms with Gasteiger partial charge in [0.2, 0.25) is 0 Å². The SMILES string of the molecule is Cc1ccc(C2CNC3CCCC3CO2)cc1C. The Morgan fingerprint density at radius 1 is 1.17 bits per heavy atom. The zero-order valence-electron chi connectivity index (χ0n) is 11.4. The van der Waals surface area contributed by atoms with Crippen LogP contribution in [-0.2, 0) is 4.74 Å². The highest BCUT2D eigenvalue weighted by atomic mass is 16.5. The standard InChI is InChI=1S/C16H23NO/c1-11-6-7-13(8-12(11)2)16-9-17-15-5-3-4-14(15)10-18-16/h6-8,14-17H,3-5,9-10H2,1-2H3. The molecule has 3 atom stereocenters. The van der Waals surface area contributed by atoms with Crippen LogP contribution in [0.15, 0.2) is 18.2 Å². The summed E-state index contributed by atoms with van der Waals surface area (Å²) >= 11 is 0. The van der Waals surface area contributed by atoms with Gasteiger partial charge in [-0.15, -0.1) is 0 Å². The molecule has 0 amide bonds. The lowest BCUT2D eigenvalue weighted by atomic mass is 10.0. The van der Waals surface area contributed by atoms with Gasteiger partial charge in [0.1, 0.15) is 0 Å². The monoisotopic (exact) mass is 245 g/mol. The third-order valence-corrected chi connectivity index (χ3v) is 4.64. The molecule has 1 aliphatic heterocycles. The Labute approximate surface area is 110 Å². The maximum absolute atomic E-state index is 6.14. The molecule has 0 bridgehead atoms. The molecule has 3 unspecified atom stereocenters. The van der Waals surface area contributed by atoms with Gasteiger partial charge in [0, 0.05) is 12.6 Å². The van der Waals surface area contributed by atoms with Crippen molar-refractivity contribution >= 4 is 0 Å². The molecule has 0 spiro atoms. The number of rotatable bonds is 1. The average Bonchev–Trinajstić information content (AvgIpc) is 2.72. The molecule has 98 valence electrons. The van der Waals surface area contributed by atoms with Gasteiger partial charge in [-0.05, 0) is 49.3 Å². The Morgan fingerprint density at radius 2 is 2.06 bits per heavy atom. The van der Waals surface area contributed by atoms with Crippen LogP contribution >= 0.6 is 0 Å². The Balaban J connectivity index is 1.74. The largest absolute Gasteiger partial charge is 0.372 e. The van der Waals surface area contributed by atoms with Crippen molar-refractivity contribution in [2.45, 2.75) is 45.3 Å². The second-order valence-corrected chi connectivity index (χ2v) is 5.87. The zero-order chi connectivity index (χ0) is 12.5. The zero-order valence-corrected chi connectivity index (χ0v) is 11.4. The van der Waals surface area contributed by atoms with Gasteiger partial charge < -0.3 is 10.1 Å². The van der Waals surface area contributed by atoms with Crippen LogP contribution in [0.5, 0.6) is 0 Å². The van der Waals surface area contributed by atoms with Crippen LogP contribution < -0.4 is 5.32 Å². The topological polar surface area (TPSA) is 21.3 Å². The molecular weight excluding hydrogens is 222 g/mol. The van der Waals surface area contributed by atoms with Crippen molar-refractivity contribution in [2.75, 3.05) is 13.2 Å². The number of hydrogen-bond acceptors (Lipinski definition) is 2. The number of aryl methyl sites for hydroxylation is 2. The van der Waals surface area contributed by atoms with Crippen molar-refractivity contribution < 1.29 is 4.74 Å². The summed E-state index contributed by atoms with van der Waals surface area (Å²) in [5.74, 6) is 0.738. The van der Waals surface area contributed by atoms with Crippen molar-refractivity contribution in [1.82, 2.24) is 5.32 Å². The molecule has 0 radical (unpaired) electrons. The Bertz CT molecular complexity index is 415. The molecule has 1 heterocycles. The second kappa shape index (κ2) is 5.02. The van der Waals surface area contributed by atoms with Crippen molar-refractivity contribution in [3.05, 3.63) is 34.9 Å². The van der Waals surface area contributed by atoms with Gasteiger partial charge in [-0.1, -0.05) is 24.6 Å². The third-order valence-electron chi connectivity index (χ3n) is 4.64. The number of benzene rings is 1. The maximum Gasteiger partial charge on any atom is 0.0949 e. The van der Waals surface area contributed by atoms with Gasteiger partial charge in [0.15, 0.2) is 0 Å². The fraction of sp³-hybridized carbons (Fsp3) is 0.625. The molecule has 1 saturated carbocycles. The Kier molecular flexibility index (Phi) is 3.40. The lowest BCUT2D eigenvalue weighted by molar-refractivity contribution is 0.0473. The highest BCUT2D eigenvalue weighted by molar-refractivity contribution is 5.31. The molecule has 3 rings (SSSR count). The molecule has 0 aromatic heterocycles. The molecule has 2 fully saturated rings. The lowest BCUT2D eigenvalue weighted by Gasteiger charge is -2.17. The molecule has 1 aromatic carbocycles. The molecule has 18 heavy (non-hydrogen) atoms. The molecule has 2 aliphatic rings. The summed E-state index contributed by atoms with van der Waals surface area (Å²) in [5, 5.41) is 3.70. The normalized spacial score (nSPS) is 32.0. The van der Waals surface area contributed by atoms with E-state index >= 15 is 0 Å². The van der Waals surface area contributed by atoms with Gasteiger partial charge in [0.05, 0.1) is 12.7 Å². The first-order chi connectivity index (χ1) is 8.74. The Hall–Kier alpha value is -0.860. The molecule has 1 aliphatic carbocycles. The van der Waals surface area contributed by atoms with Crippen molar-refractivity contribution in [1.29, 1.82) is 0 Å². The van der Waals surface area contributed by atoms with Crippen LogP contribution in [-0.4, -0.2) is 19.2 Å². The molecule has 1 N–H and O–H groups in total. The summed E-state index contributed by atoms with van der Waals surface area (Å²) in [7, 11) is 0. The summed E-state index contributed by atoms with van der Waals surface area (Å²) in [6.45, 7) is 6.23. The van der Waals surface area contributed by atoms with Crippen LogP contribution in [0.1, 0.15) is 42.1 Å². The quantitative estimate of drug-likeness (QED) is 0.820. The molecule has 2 heteroatoms. The van der Waals surface area contributed by atoms with Crippen LogP contribution in [0.3, 0.4) is 0 Å². The summed E-state index contributed by atoms with van der Waals surface area (Å²) in [6.07, 6.45) is 4.25. The molecular formula is C16H23NO. The van der Waals surface area contributed by atoms with Gasteiger partial charge >= 0.3 is 0 Å². The van der Waals surface area contributed by atoms with Gasteiger partial charge in [-0.3, -0.25) is 0 Å². The minimum absolute atomic E-state index is 0.231. The third kappa shape index (κ3) is 2.32. The van der Waals surface area contributed by atoms with Crippen LogP contribution in [0.2, 0.25) is 0 Å². The van der Waals surface area contributed by atoms with Crippen LogP contribution in [0.4, 0.5) is 0 Å². The van der Waals surface area contributed by atoms with E-state index in [0.29, 0.717) is 6.04 Å². The fourth-order valence-corrected chi connectivity index (χ4v) is 3.24. The van der Waals surface area contributed by atoms with Crippen LogP contribution in [0.25, 0.3) is 0 Å². The summed E-state index contributed by atoms with van der Waals surface area (Å²) in [4.78, 5) is 0. The molecule has 2 nitrogen and oxygen atoms in total. The van der Waals surface area contributed by atoms with Crippen LogP contribution in [0, 0.1) is 19.8 Å². The number of hydrogen-bond donors (Lipinski definition) is 1. The van der Waals surface area contributed by atoms with Crippen molar-refractivity contribution in [3.8, 4) is 0 Å². The first kappa shape index (κ1) is 12.2. The Morgan fingerprint density at radius 3 is 2.89 bits per heavy atom. The predicted molar refractivity (Wildman–Crippen MR) is 73.7 cm³/mol. The highest BCUT2D eigenvalue weighted by Crippen LogP contribution is 2.31. The van der Waals surface area contributed by atoms with E-state index in [9.17, 15) is 0 Å². The predicted octanol–water partition coefficient (Wildman–Crippen LogP) is 3.13. The smallest absolute Gasteiger partial charge is 0.0949 e. The van der Waals surface area contributed by atoms with E-state index < -0.39 is 0 Å². The first-order valence-corrected chi connectivity index (χ1v) is 7.16. The van der Waals surface area contributed by atoms with Gasteiger partial charge in [0.25, 0.3) is 0 Å². The van der Waals surface area contributed by atoms with E-state index in [1.165, 1.54) is 36.0 Å². The summed E-state index contributed by atoms with van der Waals surface area (Å²) in [6, 6.07) is 7.40. The van der Waals surface area contributed by atoms with Gasteiger partial charge in [-0.2, -0.15) is 0 Å². The van der Waals surface area contributed by atoms with E-state index in [0.717, 1.165) is 19.1 Å². The number of ether oxygens (including phenoxy) is 1. The number of fused-ring (bicyclic) bond motifs is 1. The van der Waals surface area contributed by atoms with Crippen molar-refractivity contribution in [3.63, 3.8) is 0 Å². The molecule has 1 aromatic rings. The van der Waals surface area contributed by atoms with Gasteiger partial charge in [-0.25, -0.2) is 0 Å². The van der Waals surface area contributed by atoms with E-state index in [1.54, 1.807) is 0 Å². The summed E-state index contributed by atoms with van der Waals surface area (Å²) < 4.78 is 6.14. The maximum atomic E-state index is 6.14. The minimum atomic E-state index is 0.231.